The lowest BCUT2D eigenvalue weighted by Gasteiger charge is -2.12. The Morgan fingerprint density at radius 1 is 0.933 bits per heavy atom. The van der Waals surface area contributed by atoms with Crippen molar-refractivity contribution >= 4 is 87.4 Å². The van der Waals surface area contributed by atoms with Gasteiger partial charge in [-0.2, -0.15) is 0 Å². The zero-order valence-corrected chi connectivity index (χ0v) is 21.0. The third-order valence-electron chi connectivity index (χ3n) is 3.21. The lowest BCUT2D eigenvalue weighted by molar-refractivity contribution is 0.139. The molecule has 0 spiro atoms. The van der Waals surface area contributed by atoms with E-state index in [-0.39, 0.29) is 17.7 Å². The molecule has 0 bridgehead atoms. The molecule has 30 heavy (non-hydrogen) atoms. The van der Waals surface area contributed by atoms with Crippen molar-refractivity contribution in [2.45, 2.75) is 23.1 Å². The van der Waals surface area contributed by atoms with Crippen LogP contribution in [0.3, 0.4) is 0 Å². The van der Waals surface area contributed by atoms with Gasteiger partial charge < -0.3 is 19.0 Å². The topological polar surface area (TPSA) is 49.3 Å². The Morgan fingerprint density at radius 2 is 1.60 bits per heavy atom. The number of alkyl halides is 3. The van der Waals surface area contributed by atoms with Gasteiger partial charge in [0.05, 0.1) is 29.5 Å². The fourth-order valence-corrected chi connectivity index (χ4v) is 2.79. The lowest BCUT2D eigenvalue weighted by atomic mass is 10.2. The SMILES string of the molecule is ClC(Cl)=CCOc1cc(Cl)c(OCCCCCOCC=NOCC(Cl)(Cl)Cl)c(Cl)c1. The van der Waals surface area contributed by atoms with Gasteiger partial charge in [-0.1, -0.05) is 86.4 Å². The van der Waals surface area contributed by atoms with Crippen LogP contribution in [0.25, 0.3) is 0 Å². The first kappa shape index (κ1) is 28.1. The largest absolute Gasteiger partial charge is 0.490 e. The van der Waals surface area contributed by atoms with E-state index in [1.165, 1.54) is 12.3 Å². The van der Waals surface area contributed by atoms with Crippen LogP contribution in [0.4, 0.5) is 0 Å². The van der Waals surface area contributed by atoms with E-state index in [1.807, 2.05) is 0 Å². The maximum atomic E-state index is 6.21. The van der Waals surface area contributed by atoms with Crippen LogP contribution in [-0.4, -0.2) is 43.0 Å². The minimum absolute atomic E-state index is 0.122. The van der Waals surface area contributed by atoms with Crippen molar-refractivity contribution in [3.63, 3.8) is 0 Å². The van der Waals surface area contributed by atoms with Crippen LogP contribution >= 0.6 is 81.2 Å². The minimum atomic E-state index is -1.48. The van der Waals surface area contributed by atoms with E-state index in [0.717, 1.165) is 19.3 Å². The van der Waals surface area contributed by atoms with Crippen LogP contribution in [-0.2, 0) is 9.57 Å². The number of hydrogen-bond donors (Lipinski definition) is 0. The molecular weight excluding hydrogens is 542 g/mol. The quantitative estimate of drug-likeness (QED) is 0.101. The Hall–Kier alpha value is 0.0200. The van der Waals surface area contributed by atoms with Gasteiger partial charge >= 0.3 is 0 Å². The summed E-state index contributed by atoms with van der Waals surface area (Å²) in [5.41, 5.74) is 0. The second kappa shape index (κ2) is 15.8. The molecule has 0 aliphatic rings. The molecule has 0 unspecified atom stereocenters. The van der Waals surface area contributed by atoms with Crippen LogP contribution in [0.2, 0.25) is 10.0 Å². The number of halogens is 7. The predicted molar refractivity (Wildman–Crippen MR) is 127 cm³/mol. The normalized spacial score (nSPS) is 11.6. The molecule has 5 nitrogen and oxygen atoms in total. The molecule has 0 atom stereocenters. The summed E-state index contributed by atoms with van der Waals surface area (Å²) in [5, 5.41) is 4.33. The van der Waals surface area contributed by atoms with E-state index < -0.39 is 3.79 Å². The molecule has 1 aromatic carbocycles. The van der Waals surface area contributed by atoms with Crippen molar-refractivity contribution in [2.75, 3.05) is 33.0 Å². The third kappa shape index (κ3) is 14.2. The summed E-state index contributed by atoms with van der Waals surface area (Å²) in [6.07, 6.45) is 5.54. The molecule has 0 fully saturated rings. The zero-order valence-electron chi connectivity index (χ0n) is 15.7. The maximum Gasteiger partial charge on any atom is 0.226 e. The van der Waals surface area contributed by atoms with Gasteiger partial charge in [0, 0.05) is 18.7 Å². The molecule has 12 heteroatoms. The second-order valence-electron chi connectivity index (χ2n) is 5.68. The second-order valence-corrected chi connectivity index (χ2v) is 10.0. The van der Waals surface area contributed by atoms with Gasteiger partial charge in [-0.3, -0.25) is 0 Å². The van der Waals surface area contributed by atoms with Crippen molar-refractivity contribution < 1.29 is 19.0 Å². The molecule has 0 saturated carbocycles. The first-order valence-electron chi connectivity index (χ1n) is 8.73. The fourth-order valence-electron chi connectivity index (χ4n) is 1.95. The summed E-state index contributed by atoms with van der Waals surface area (Å²) in [7, 11) is 0. The van der Waals surface area contributed by atoms with Crippen molar-refractivity contribution in [2.24, 2.45) is 5.16 Å². The fraction of sp³-hybridized carbons (Fsp3) is 0.500. The molecule has 0 aliphatic heterocycles. The van der Waals surface area contributed by atoms with Crippen molar-refractivity contribution in [3.05, 3.63) is 32.7 Å². The van der Waals surface area contributed by atoms with Gasteiger partial charge in [-0.15, -0.1) is 0 Å². The minimum Gasteiger partial charge on any atom is -0.490 e. The average molecular weight is 563 g/mol. The summed E-state index contributed by atoms with van der Waals surface area (Å²) < 4.78 is 15.1. The highest BCUT2D eigenvalue weighted by Crippen LogP contribution is 2.37. The monoisotopic (exact) mass is 559 g/mol. The standard InChI is InChI=1S/C18H20Cl7NO4/c19-14-10-13(28-8-4-16(21)22)11-15(20)17(14)29-7-3-1-2-6-27-9-5-26-30-12-18(23,24)25/h4-5,10-11H,1-3,6-9,12H2. The summed E-state index contributed by atoms with van der Waals surface area (Å²) in [5.74, 6) is 0.903. The van der Waals surface area contributed by atoms with Gasteiger partial charge in [0.15, 0.2) is 12.4 Å². The molecule has 1 rings (SSSR count). The van der Waals surface area contributed by atoms with Crippen LogP contribution in [0.5, 0.6) is 11.5 Å². The molecule has 0 radical (unpaired) electrons. The molecule has 0 aromatic heterocycles. The van der Waals surface area contributed by atoms with Crippen LogP contribution in [0.1, 0.15) is 19.3 Å². The van der Waals surface area contributed by atoms with Gasteiger partial charge in [-0.05, 0) is 25.3 Å². The number of unbranched alkanes of at least 4 members (excludes halogenated alkanes) is 2. The Labute approximate surface area is 211 Å². The third-order valence-corrected chi connectivity index (χ3v) is 4.41. The molecular formula is C18H20Cl7NO4. The average Bonchev–Trinajstić information content (AvgIpc) is 2.63. The number of ether oxygens (including phenoxy) is 3. The summed E-state index contributed by atoms with van der Waals surface area (Å²) in [4.78, 5) is 4.79. The number of oxime groups is 1. The van der Waals surface area contributed by atoms with Crippen LogP contribution < -0.4 is 9.47 Å². The van der Waals surface area contributed by atoms with Crippen LogP contribution in [0.15, 0.2) is 27.9 Å². The smallest absolute Gasteiger partial charge is 0.226 e. The van der Waals surface area contributed by atoms with Gasteiger partial charge in [0.1, 0.15) is 16.8 Å². The van der Waals surface area contributed by atoms with Gasteiger partial charge in [0.2, 0.25) is 3.79 Å². The number of benzene rings is 1. The Balaban J connectivity index is 2.16. The van der Waals surface area contributed by atoms with E-state index in [9.17, 15) is 0 Å². The summed E-state index contributed by atoms with van der Waals surface area (Å²) in [6, 6.07) is 3.23. The van der Waals surface area contributed by atoms with Gasteiger partial charge in [0.25, 0.3) is 0 Å². The first-order chi connectivity index (χ1) is 14.2. The molecule has 0 aliphatic carbocycles. The summed E-state index contributed by atoms with van der Waals surface area (Å²) in [6.45, 7) is 1.42. The highest BCUT2D eigenvalue weighted by Gasteiger charge is 2.20. The molecule has 0 amide bonds. The van der Waals surface area contributed by atoms with E-state index in [4.69, 9.17) is 100 Å². The van der Waals surface area contributed by atoms with Crippen molar-refractivity contribution in [3.8, 4) is 11.5 Å². The predicted octanol–water partition coefficient (Wildman–Crippen LogP) is 7.63. The molecule has 170 valence electrons. The first-order valence-corrected chi connectivity index (χ1v) is 11.4. The van der Waals surface area contributed by atoms with Crippen LogP contribution in [0, 0.1) is 0 Å². The number of rotatable bonds is 14. The van der Waals surface area contributed by atoms with Gasteiger partial charge in [-0.25, -0.2) is 0 Å². The number of nitrogens with zero attached hydrogens (tertiary/aromatic N) is 1. The van der Waals surface area contributed by atoms with E-state index in [0.29, 0.717) is 41.4 Å². The van der Waals surface area contributed by atoms with E-state index >= 15 is 0 Å². The maximum absolute atomic E-state index is 6.21. The molecule has 0 heterocycles. The lowest BCUT2D eigenvalue weighted by Crippen LogP contribution is -2.10. The molecule has 1 aromatic rings. The summed E-state index contributed by atoms with van der Waals surface area (Å²) >= 11 is 40.0. The van der Waals surface area contributed by atoms with Crippen molar-refractivity contribution in [1.29, 1.82) is 0 Å². The molecule has 0 saturated heterocycles. The zero-order chi connectivity index (χ0) is 22.4. The highest BCUT2D eigenvalue weighted by atomic mass is 35.6. The number of hydrogen-bond acceptors (Lipinski definition) is 5. The van der Waals surface area contributed by atoms with E-state index in [2.05, 4.69) is 5.16 Å². The molecule has 0 N–H and O–H groups in total. The highest BCUT2D eigenvalue weighted by molar-refractivity contribution is 6.67. The van der Waals surface area contributed by atoms with Crippen molar-refractivity contribution in [1.82, 2.24) is 0 Å². The Bertz CT molecular complexity index is 669. The van der Waals surface area contributed by atoms with E-state index in [1.54, 1.807) is 12.1 Å². The Kier molecular flexibility index (Phi) is 14.7. The Morgan fingerprint density at radius 3 is 2.23 bits per heavy atom.